The quantitative estimate of drug-likeness (QED) is 0.857. The van der Waals surface area contributed by atoms with E-state index in [9.17, 15) is 4.79 Å². The van der Waals surface area contributed by atoms with E-state index in [-0.39, 0.29) is 12.5 Å². The highest BCUT2D eigenvalue weighted by molar-refractivity contribution is 5.92. The molecule has 1 amide bonds. The van der Waals surface area contributed by atoms with Crippen LogP contribution >= 0.6 is 0 Å². The van der Waals surface area contributed by atoms with E-state index in [1.807, 2.05) is 37.3 Å². The van der Waals surface area contributed by atoms with Crippen molar-refractivity contribution in [2.45, 2.75) is 26.8 Å². The van der Waals surface area contributed by atoms with Gasteiger partial charge in [-0.2, -0.15) is 0 Å². The van der Waals surface area contributed by atoms with Crippen molar-refractivity contribution in [3.05, 3.63) is 59.4 Å². The van der Waals surface area contributed by atoms with Crippen molar-refractivity contribution in [1.29, 1.82) is 0 Å². The summed E-state index contributed by atoms with van der Waals surface area (Å²) >= 11 is 0. The van der Waals surface area contributed by atoms with Gasteiger partial charge in [0.25, 0.3) is 0 Å². The topological polar surface area (TPSA) is 54.0 Å². The van der Waals surface area contributed by atoms with E-state index in [2.05, 4.69) is 28.6 Å². The van der Waals surface area contributed by atoms with Crippen LogP contribution in [0, 0.1) is 6.92 Å². The summed E-state index contributed by atoms with van der Waals surface area (Å²) in [7, 11) is 0. The predicted octanol–water partition coefficient (Wildman–Crippen LogP) is 2.68. The lowest BCUT2D eigenvalue weighted by atomic mass is 10.1. The van der Waals surface area contributed by atoms with Gasteiger partial charge in [0.2, 0.25) is 5.91 Å². The molecule has 0 radical (unpaired) electrons. The first kappa shape index (κ1) is 15.2. The average Bonchev–Trinajstić information content (AvgIpc) is 2.50. The van der Waals surface area contributed by atoms with E-state index in [1.54, 1.807) is 6.20 Å². The fraction of sp³-hybridized carbons (Fsp3) is 0.294. The predicted molar refractivity (Wildman–Crippen MR) is 85.1 cm³/mol. The molecule has 4 nitrogen and oxygen atoms in total. The van der Waals surface area contributed by atoms with Gasteiger partial charge in [-0.3, -0.25) is 9.78 Å². The highest BCUT2D eigenvalue weighted by Gasteiger charge is 2.05. The van der Waals surface area contributed by atoms with Crippen LogP contribution in [0.2, 0.25) is 0 Å². The second-order valence-electron chi connectivity index (χ2n) is 4.93. The molecule has 4 heteroatoms. The summed E-state index contributed by atoms with van der Waals surface area (Å²) in [5, 5.41) is 6.04. The first-order chi connectivity index (χ1) is 10.2. The number of nitrogens with one attached hydrogen (secondary N) is 2. The Morgan fingerprint density at radius 3 is 2.76 bits per heavy atom. The highest BCUT2D eigenvalue weighted by atomic mass is 16.1. The Hall–Kier alpha value is -2.20. The number of hydrogen-bond donors (Lipinski definition) is 2. The number of hydrogen-bond acceptors (Lipinski definition) is 3. The zero-order valence-corrected chi connectivity index (χ0v) is 12.5. The van der Waals surface area contributed by atoms with Crippen LogP contribution < -0.4 is 10.6 Å². The minimum atomic E-state index is -0.0433. The third-order valence-electron chi connectivity index (χ3n) is 3.36. The molecule has 0 unspecified atom stereocenters. The molecule has 0 saturated carbocycles. The first-order valence-corrected chi connectivity index (χ1v) is 7.19. The van der Waals surface area contributed by atoms with Gasteiger partial charge in [0.1, 0.15) is 0 Å². The monoisotopic (exact) mass is 283 g/mol. The van der Waals surface area contributed by atoms with E-state index < -0.39 is 0 Å². The number of aromatic nitrogens is 1. The number of nitrogens with zero attached hydrogens (tertiary/aromatic N) is 1. The van der Waals surface area contributed by atoms with Crippen molar-refractivity contribution < 1.29 is 4.79 Å². The third-order valence-corrected chi connectivity index (χ3v) is 3.36. The minimum Gasteiger partial charge on any atom is -0.325 e. The minimum absolute atomic E-state index is 0.0433. The summed E-state index contributed by atoms with van der Waals surface area (Å²) in [6.07, 6.45) is 2.73. The number of carbonyl (C=O) groups excluding carboxylic acids is 1. The summed E-state index contributed by atoms with van der Waals surface area (Å²) in [5.74, 6) is -0.0433. The fourth-order valence-electron chi connectivity index (χ4n) is 2.15. The van der Waals surface area contributed by atoms with Crippen molar-refractivity contribution in [2.24, 2.45) is 0 Å². The van der Waals surface area contributed by atoms with Crippen molar-refractivity contribution in [1.82, 2.24) is 10.3 Å². The van der Waals surface area contributed by atoms with Crippen molar-refractivity contribution in [3.8, 4) is 0 Å². The van der Waals surface area contributed by atoms with Crippen LogP contribution in [0.15, 0.2) is 42.6 Å². The smallest absolute Gasteiger partial charge is 0.238 e. The Bertz CT molecular complexity index is 610. The molecule has 2 N–H and O–H groups in total. The standard InChI is InChI=1S/C17H21N3O/c1-3-14-8-6-10-19-16(14)11-18-12-17(21)20-15-9-5-4-7-13(15)2/h4-10,18H,3,11-12H2,1-2H3,(H,20,21). The SMILES string of the molecule is CCc1cccnc1CNCC(=O)Nc1ccccc1C. The largest absolute Gasteiger partial charge is 0.325 e. The van der Waals surface area contributed by atoms with Crippen LogP contribution in [0.4, 0.5) is 5.69 Å². The molecule has 21 heavy (non-hydrogen) atoms. The van der Waals surface area contributed by atoms with Gasteiger partial charge in [-0.05, 0) is 36.6 Å². The maximum absolute atomic E-state index is 11.9. The molecule has 1 heterocycles. The second-order valence-corrected chi connectivity index (χ2v) is 4.93. The zero-order chi connectivity index (χ0) is 15.1. The lowest BCUT2D eigenvalue weighted by molar-refractivity contribution is -0.115. The number of carbonyl (C=O) groups is 1. The number of benzene rings is 1. The molecule has 0 atom stereocenters. The molecule has 2 rings (SSSR count). The molecule has 0 aliphatic heterocycles. The van der Waals surface area contributed by atoms with E-state index in [1.165, 1.54) is 5.56 Å². The molecule has 0 aliphatic carbocycles. The van der Waals surface area contributed by atoms with Gasteiger partial charge in [0.05, 0.1) is 12.2 Å². The molecule has 0 fully saturated rings. The number of pyridine rings is 1. The third kappa shape index (κ3) is 4.39. The number of rotatable bonds is 6. The Kier molecular flexibility index (Phi) is 5.46. The molecule has 1 aromatic heterocycles. The summed E-state index contributed by atoms with van der Waals surface area (Å²) in [5.41, 5.74) is 4.13. The Morgan fingerprint density at radius 1 is 1.19 bits per heavy atom. The van der Waals surface area contributed by atoms with Crippen LogP contribution in [0.3, 0.4) is 0 Å². The van der Waals surface area contributed by atoms with Gasteiger partial charge in [-0.25, -0.2) is 0 Å². The second kappa shape index (κ2) is 7.55. The first-order valence-electron chi connectivity index (χ1n) is 7.19. The van der Waals surface area contributed by atoms with E-state index in [0.717, 1.165) is 23.4 Å². The lowest BCUT2D eigenvalue weighted by Crippen LogP contribution is -2.28. The summed E-state index contributed by atoms with van der Waals surface area (Å²) < 4.78 is 0. The van der Waals surface area contributed by atoms with Gasteiger partial charge in [0, 0.05) is 18.4 Å². The van der Waals surface area contributed by atoms with Crippen LogP contribution in [-0.2, 0) is 17.8 Å². The molecule has 110 valence electrons. The molecule has 0 aliphatic rings. The molecule has 0 saturated heterocycles. The Morgan fingerprint density at radius 2 is 2.00 bits per heavy atom. The average molecular weight is 283 g/mol. The number of para-hydroxylation sites is 1. The van der Waals surface area contributed by atoms with Crippen molar-refractivity contribution in [3.63, 3.8) is 0 Å². The van der Waals surface area contributed by atoms with Crippen molar-refractivity contribution >= 4 is 11.6 Å². The van der Waals surface area contributed by atoms with Crippen LogP contribution in [0.25, 0.3) is 0 Å². The molecular weight excluding hydrogens is 262 g/mol. The molecule has 2 aromatic rings. The van der Waals surface area contributed by atoms with Gasteiger partial charge < -0.3 is 10.6 Å². The fourth-order valence-corrected chi connectivity index (χ4v) is 2.15. The van der Waals surface area contributed by atoms with Crippen LogP contribution in [0.1, 0.15) is 23.7 Å². The van der Waals surface area contributed by atoms with Gasteiger partial charge >= 0.3 is 0 Å². The van der Waals surface area contributed by atoms with E-state index in [0.29, 0.717) is 6.54 Å². The normalized spacial score (nSPS) is 10.4. The van der Waals surface area contributed by atoms with Gasteiger partial charge in [0.15, 0.2) is 0 Å². The Balaban J connectivity index is 1.83. The van der Waals surface area contributed by atoms with Crippen LogP contribution in [0.5, 0.6) is 0 Å². The summed E-state index contributed by atoms with van der Waals surface area (Å²) in [6, 6.07) is 11.8. The molecule has 0 bridgehead atoms. The lowest BCUT2D eigenvalue weighted by Gasteiger charge is -2.10. The number of amides is 1. The van der Waals surface area contributed by atoms with Gasteiger partial charge in [-0.15, -0.1) is 0 Å². The number of anilines is 1. The van der Waals surface area contributed by atoms with Gasteiger partial charge in [-0.1, -0.05) is 31.2 Å². The summed E-state index contributed by atoms with van der Waals surface area (Å²) in [6.45, 7) is 4.95. The zero-order valence-electron chi connectivity index (χ0n) is 12.5. The molecule has 1 aromatic carbocycles. The maximum Gasteiger partial charge on any atom is 0.238 e. The number of aryl methyl sites for hydroxylation is 2. The molecule has 0 spiro atoms. The maximum atomic E-state index is 11.9. The van der Waals surface area contributed by atoms with Crippen molar-refractivity contribution in [2.75, 3.05) is 11.9 Å². The summed E-state index contributed by atoms with van der Waals surface area (Å²) in [4.78, 5) is 16.3. The van der Waals surface area contributed by atoms with E-state index >= 15 is 0 Å². The van der Waals surface area contributed by atoms with Crippen LogP contribution in [-0.4, -0.2) is 17.4 Å². The molecular formula is C17H21N3O. The van der Waals surface area contributed by atoms with E-state index in [4.69, 9.17) is 0 Å². The Labute approximate surface area is 125 Å². The highest BCUT2D eigenvalue weighted by Crippen LogP contribution is 2.12.